The van der Waals surface area contributed by atoms with Crippen LogP contribution in [0, 0.1) is 0 Å². The molecule has 4 nitrogen and oxygen atoms in total. The molecule has 0 aromatic heterocycles. The van der Waals surface area contributed by atoms with Crippen molar-refractivity contribution in [3.63, 3.8) is 0 Å². The number of nitrogens with two attached hydrogens (primary N) is 1. The maximum absolute atomic E-state index is 10.5. The van der Waals surface area contributed by atoms with E-state index in [-0.39, 0.29) is 12.2 Å². The topological polar surface area (TPSA) is 83.5 Å². The van der Waals surface area contributed by atoms with Gasteiger partial charge in [-0.15, -0.1) is 0 Å². The quantitative estimate of drug-likeness (QED) is 0.630. The number of aliphatic hydroxyl groups is 1. The first-order chi connectivity index (χ1) is 6.59. The largest absolute Gasteiger partial charge is 0.512 e. The summed E-state index contributed by atoms with van der Waals surface area (Å²) in [5, 5.41) is 17.8. The van der Waals surface area contributed by atoms with E-state index in [0.29, 0.717) is 6.42 Å². The third kappa shape index (κ3) is 3.06. The molecule has 0 bridgehead atoms. The van der Waals surface area contributed by atoms with Crippen LogP contribution in [0.1, 0.15) is 12.8 Å². The Kier molecular flexibility index (Phi) is 3.48. The molecular formula is C10H13NO3. The lowest BCUT2D eigenvalue weighted by atomic mass is 10.1. The second kappa shape index (κ2) is 4.62. The summed E-state index contributed by atoms with van der Waals surface area (Å²) in [6, 6.07) is -0.889. The maximum Gasteiger partial charge on any atom is 0.320 e. The van der Waals surface area contributed by atoms with Crippen LogP contribution in [0.4, 0.5) is 0 Å². The fraction of sp³-hybridized carbons (Fsp3) is 0.300. The van der Waals surface area contributed by atoms with Crippen LogP contribution in [0.25, 0.3) is 0 Å². The summed E-state index contributed by atoms with van der Waals surface area (Å²) in [7, 11) is 0. The molecule has 0 radical (unpaired) electrons. The minimum absolute atomic E-state index is 0.264. The summed E-state index contributed by atoms with van der Waals surface area (Å²) in [5.74, 6) is -0.753. The minimum atomic E-state index is -1.02. The van der Waals surface area contributed by atoms with Gasteiger partial charge in [-0.05, 0) is 18.1 Å². The fourth-order valence-corrected chi connectivity index (χ4v) is 1.14. The number of hydrogen-bond acceptors (Lipinski definition) is 3. The smallest absolute Gasteiger partial charge is 0.320 e. The Bertz CT molecular complexity index is 315. The second-order valence-electron chi connectivity index (χ2n) is 3.15. The number of hydrogen-bond donors (Lipinski definition) is 3. The molecule has 0 fully saturated rings. The van der Waals surface area contributed by atoms with E-state index in [4.69, 9.17) is 15.9 Å². The Morgan fingerprint density at radius 2 is 2.29 bits per heavy atom. The highest BCUT2D eigenvalue weighted by atomic mass is 16.4. The number of carboxylic acid groups (broad SMARTS) is 1. The van der Waals surface area contributed by atoms with Gasteiger partial charge in [0, 0.05) is 6.42 Å². The summed E-state index contributed by atoms with van der Waals surface area (Å²) in [5.41, 5.74) is 6.18. The van der Waals surface area contributed by atoms with Crippen LogP contribution in [-0.4, -0.2) is 22.2 Å². The number of aliphatic hydroxyl groups excluding tert-OH is 1. The standard InChI is InChI=1S/C10H13NO3/c11-9(10(13)14)6-7-2-1-3-8(12)5-4-7/h1-2,4-5,9,12H,3,6,11H2,(H,13,14)/t9-/m1/s1. The van der Waals surface area contributed by atoms with Gasteiger partial charge in [0.1, 0.15) is 6.04 Å². The molecule has 0 amide bonds. The van der Waals surface area contributed by atoms with Crippen LogP contribution >= 0.6 is 0 Å². The molecule has 1 aliphatic carbocycles. The highest BCUT2D eigenvalue weighted by Crippen LogP contribution is 2.13. The predicted octanol–water partition coefficient (Wildman–Crippen LogP) is 1.12. The van der Waals surface area contributed by atoms with Crippen LogP contribution in [0.5, 0.6) is 0 Å². The molecule has 1 aliphatic rings. The van der Waals surface area contributed by atoms with E-state index in [1.807, 2.05) is 0 Å². The molecule has 4 heteroatoms. The zero-order chi connectivity index (χ0) is 10.6. The van der Waals surface area contributed by atoms with Gasteiger partial charge in [-0.1, -0.05) is 18.2 Å². The van der Waals surface area contributed by atoms with Crippen LogP contribution in [0.15, 0.2) is 35.6 Å². The monoisotopic (exact) mass is 195 g/mol. The number of rotatable bonds is 3. The van der Waals surface area contributed by atoms with Crippen molar-refractivity contribution in [1.29, 1.82) is 0 Å². The molecule has 1 atom stereocenters. The Morgan fingerprint density at radius 3 is 2.93 bits per heavy atom. The van der Waals surface area contributed by atoms with Gasteiger partial charge in [0.2, 0.25) is 0 Å². The van der Waals surface area contributed by atoms with Crippen molar-refractivity contribution in [2.45, 2.75) is 18.9 Å². The van der Waals surface area contributed by atoms with E-state index < -0.39 is 12.0 Å². The van der Waals surface area contributed by atoms with Gasteiger partial charge in [-0.25, -0.2) is 0 Å². The summed E-state index contributed by atoms with van der Waals surface area (Å²) in [4.78, 5) is 10.5. The molecule has 0 saturated carbocycles. The van der Waals surface area contributed by atoms with Gasteiger partial charge >= 0.3 is 5.97 Å². The van der Waals surface area contributed by atoms with Crippen LogP contribution in [-0.2, 0) is 4.79 Å². The van der Waals surface area contributed by atoms with Crippen LogP contribution in [0.3, 0.4) is 0 Å². The number of aliphatic carboxylic acids is 1. The van der Waals surface area contributed by atoms with Gasteiger partial charge < -0.3 is 15.9 Å². The molecule has 0 aromatic carbocycles. The van der Waals surface area contributed by atoms with E-state index in [0.717, 1.165) is 5.57 Å². The molecule has 0 heterocycles. The first kappa shape index (κ1) is 10.5. The van der Waals surface area contributed by atoms with Crippen LogP contribution in [0.2, 0.25) is 0 Å². The lowest BCUT2D eigenvalue weighted by Gasteiger charge is -2.05. The highest BCUT2D eigenvalue weighted by molar-refractivity contribution is 5.73. The lowest BCUT2D eigenvalue weighted by Crippen LogP contribution is -2.30. The number of allylic oxidation sites excluding steroid dienone is 4. The second-order valence-corrected chi connectivity index (χ2v) is 3.15. The SMILES string of the molecule is N[C@H](CC1=CC=C(O)CC=C1)C(=O)O. The average Bonchev–Trinajstić information content (AvgIpc) is 2.31. The first-order valence-corrected chi connectivity index (χ1v) is 4.33. The molecule has 0 aliphatic heterocycles. The van der Waals surface area contributed by atoms with Gasteiger partial charge in [0.15, 0.2) is 0 Å². The molecule has 0 aromatic rings. The minimum Gasteiger partial charge on any atom is -0.512 e. The summed E-state index contributed by atoms with van der Waals surface area (Å²) in [6.45, 7) is 0. The molecule has 0 saturated heterocycles. The van der Waals surface area contributed by atoms with Gasteiger partial charge in [0.05, 0.1) is 5.76 Å². The Labute approximate surface area is 82.0 Å². The summed E-state index contributed by atoms with van der Waals surface area (Å²) < 4.78 is 0. The Morgan fingerprint density at radius 1 is 1.57 bits per heavy atom. The Balaban J connectivity index is 2.65. The number of carbonyl (C=O) groups is 1. The van der Waals surface area contributed by atoms with Crippen molar-refractivity contribution >= 4 is 5.97 Å². The molecule has 0 unspecified atom stereocenters. The van der Waals surface area contributed by atoms with Crippen molar-refractivity contribution in [2.75, 3.05) is 0 Å². The zero-order valence-corrected chi connectivity index (χ0v) is 7.68. The van der Waals surface area contributed by atoms with E-state index in [2.05, 4.69) is 0 Å². The maximum atomic E-state index is 10.5. The fourth-order valence-electron chi connectivity index (χ4n) is 1.14. The van der Waals surface area contributed by atoms with E-state index in [1.54, 1.807) is 24.3 Å². The third-order valence-corrected chi connectivity index (χ3v) is 1.92. The molecule has 14 heavy (non-hydrogen) atoms. The highest BCUT2D eigenvalue weighted by Gasteiger charge is 2.12. The van der Waals surface area contributed by atoms with Crippen molar-refractivity contribution in [1.82, 2.24) is 0 Å². The summed E-state index contributed by atoms with van der Waals surface area (Å²) >= 11 is 0. The summed E-state index contributed by atoms with van der Waals surface area (Å²) in [6.07, 6.45) is 7.55. The van der Waals surface area contributed by atoms with Crippen molar-refractivity contribution in [3.05, 3.63) is 35.6 Å². The Hall–Kier alpha value is -1.55. The van der Waals surface area contributed by atoms with Gasteiger partial charge in [-0.2, -0.15) is 0 Å². The molecule has 1 rings (SSSR count). The van der Waals surface area contributed by atoms with E-state index in [1.165, 1.54) is 0 Å². The van der Waals surface area contributed by atoms with Crippen molar-refractivity contribution in [2.24, 2.45) is 5.73 Å². The zero-order valence-electron chi connectivity index (χ0n) is 7.68. The van der Waals surface area contributed by atoms with Gasteiger partial charge in [0.25, 0.3) is 0 Å². The third-order valence-electron chi connectivity index (χ3n) is 1.92. The molecular weight excluding hydrogens is 182 g/mol. The van der Waals surface area contributed by atoms with Gasteiger partial charge in [-0.3, -0.25) is 4.79 Å². The van der Waals surface area contributed by atoms with Crippen LogP contribution < -0.4 is 5.73 Å². The molecule has 4 N–H and O–H groups in total. The number of carboxylic acids is 1. The van der Waals surface area contributed by atoms with E-state index in [9.17, 15) is 4.79 Å². The van der Waals surface area contributed by atoms with E-state index >= 15 is 0 Å². The predicted molar refractivity (Wildman–Crippen MR) is 52.8 cm³/mol. The lowest BCUT2D eigenvalue weighted by molar-refractivity contribution is -0.138. The van der Waals surface area contributed by atoms with Crippen molar-refractivity contribution < 1.29 is 15.0 Å². The average molecular weight is 195 g/mol. The molecule has 0 spiro atoms. The molecule has 76 valence electrons. The van der Waals surface area contributed by atoms with Crippen molar-refractivity contribution in [3.8, 4) is 0 Å². The normalized spacial score (nSPS) is 18.1. The first-order valence-electron chi connectivity index (χ1n) is 4.33.